The Labute approximate surface area is 232 Å². The number of rotatable bonds is 13. The molecular weight excluding hydrogens is 510 g/mol. The number of benzene rings is 1. The van der Waals surface area contributed by atoms with Gasteiger partial charge < -0.3 is 29.0 Å². The van der Waals surface area contributed by atoms with Gasteiger partial charge in [0.05, 0.1) is 19.8 Å². The molecule has 0 unspecified atom stereocenters. The number of anilines is 1. The zero-order chi connectivity index (χ0) is 28.2. The second-order valence-electron chi connectivity index (χ2n) is 12.0. The van der Waals surface area contributed by atoms with E-state index in [1.807, 2.05) is 41.1 Å². The number of ether oxygens (including phenoxy) is 3. The van der Waals surface area contributed by atoms with E-state index in [4.69, 9.17) is 19.2 Å². The molecule has 0 atom stereocenters. The molecule has 2 aromatic heterocycles. The van der Waals surface area contributed by atoms with Gasteiger partial charge in [-0.25, -0.2) is 9.78 Å². The van der Waals surface area contributed by atoms with Crippen molar-refractivity contribution in [1.29, 1.82) is 0 Å². The number of amides is 2. The van der Waals surface area contributed by atoms with Crippen LogP contribution in [0.3, 0.4) is 0 Å². The largest absolute Gasteiger partial charge is 0.496 e. The molecule has 9 nitrogen and oxygen atoms in total. The first-order valence-electron chi connectivity index (χ1n) is 13.5. The van der Waals surface area contributed by atoms with E-state index in [1.165, 1.54) is 0 Å². The molecular formula is C29H43N5O4Si. The van der Waals surface area contributed by atoms with Crippen molar-refractivity contribution in [3.05, 3.63) is 36.5 Å². The average Bonchev–Trinajstić information content (AvgIpc) is 3.55. The fourth-order valence-corrected chi connectivity index (χ4v) is 5.61. The third kappa shape index (κ3) is 7.31. The minimum Gasteiger partial charge on any atom is -0.496 e. The van der Waals surface area contributed by atoms with Crippen LogP contribution in [0, 0.1) is 5.41 Å². The van der Waals surface area contributed by atoms with Crippen LogP contribution >= 0.6 is 0 Å². The first kappa shape index (κ1) is 28.9. The lowest BCUT2D eigenvalue weighted by Crippen LogP contribution is -2.37. The lowest BCUT2D eigenvalue weighted by atomic mass is 10.0. The molecule has 1 fully saturated rings. The number of pyridine rings is 1. The van der Waals surface area contributed by atoms with Crippen LogP contribution in [0.15, 0.2) is 36.5 Å². The number of carbonyl (C=O) groups excluding carboxylic acids is 1. The van der Waals surface area contributed by atoms with Gasteiger partial charge in [0.25, 0.3) is 0 Å². The van der Waals surface area contributed by atoms with Crippen molar-refractivity contribution in [2.45, 2.75) is 45.3 Å². The molecule has 0 radical (unpaired) electrons. The number of hydrogen-bond acceptors (Lipinski definition) is 6. The standard InChI is InChI=1S/C29H43N5O4Si/c1-33(2)19-29(13-14-29)18-30-28(35)32-25-12-11-21-22(26-23(36-3)9-8-10-24(26)37-4)17-34(27(21)31-25)20-38-15-16-39(5,6)7/h8-12,17H,13-16,18-20H2,1-7H3,(H2,30,31,32,35). The Morgan fingerprint density at radius 2 is 1.79 bits per heavy atom. The van der Waals surface area contributed by atoms with Crippen molar-refractivity contribution in [1.82, 2.24) is 19.8 Å². The molecule has 0 spiro atoms. The Kier molecular flexibility index (Phi) is 8.88. The molecule has 212 valence electrons. The zero-order valence-electron chi connectivity index (χ0n) is 24.4. The summed E-state index contributed by atoms with van der Waals surface area (Å²) in [4.78, 5) is 19.8. The summed E-state index contributed by atoms with van der Waals surface area (Å²) >= 11 is 0. The number of methoxy groups -OCH3 is 2. The minimum atomic E-state index is -1.22. The van der Waals surface area contributed by atoms with Crippen molar-refractivity contribution in [3.8, 4) is 22.6 Å². The Morgan fingerprint density at radius 3 is 2.38 bits per heavy atom. The number of nitrogens with zero attached hydrogens (tertiary/aromatic N) is 3. The molecule has 1 aliphatic carbocycles. The molecule has 1 aliphatic rings. The van der Waals surface area contributed by atoms with E-state index in [0.29, 0.717) is 37.2 Å². The monoisotopic (exact) mass is 553 g/mol. The second-order valence-corrected chi connectivity index (χ2v) is 17.6. The van der Waals surface area contributed by atoms with Crippen LogP contribution in [0.2, 0.25) is 25.7 Å². The molecule has 0 aliphatic heterocycles. The number of hydrogen-bond donors (Lipinski definition) is 2. The SMILES string of the molecule is COc1cccc(OC)c1-c1cn(COCC[Si](C)(C)C)c2nc(NC(=O)NCC3(CN(C)C)CC3)ccc12. The Balaban J connectivity index is 1.60. The van der Waals surface area contributed by atoms with Gasteiger partial charge in [-0.2, -0.15) is 0 Å². The normalized spacial score (nSPS) is 14.5. The summed E-state index contributed by atoms with van der Waals surface area (Å²) in [5, 5.41) is 6.88. The third-order valence-corrected chi connectivity index (χ3v) is 8.82. The number of nitrogens with one attached hydrogen (secondary N) is 2. The van der Waals surface area contributed by atoms with E-state index in [0.717, 1.165) is 47.6 Å². The number of aromatic nitrogens is 2. The zero-order valence-corrected chi connectivity index (χ0v) is 25.4. The molecule has 2 heterocycles. The summed E-state index contributed by atoms with van der Waals surface area (Å²) in [6, 6.07) is 10.4. The van der Waals surface area contributed by atoms with Gasteiger partial charge in [-0.15, -0.1) is 0 Å². The molecule has 10 heteroatoms. The Hall–Kier alpha value is -3.08. The third-order valence-electron chi connectivity index (χ3n) is 7.12. The van der Waals surface area contributed by atoms with Gasteiger partial charge in [-0.3, -0.25) is 5.32 Å². The van der Waals surface area contributed by atoms with Crippen LogP contribution < -0.4 is 20.1 Å². The summed E-state index contributed by atoms with van der Waals surface area (Å²) in [7, 11) is 6.23. The van der Waals surface area contributed by atoms with Gasteiger partial charge in [0.15, 0.2) is 0 Å². The van der Waals surface area contributed by atoms with Gasteiger partial charge in [0.2, 0.25) is 0 Å². The van der Waals surface area contributed by atoms with Gasteiger partial charge in [-0.1, -0.05) is 25.7 Å². The predicted octanol–water partition coefficient (Wildman–Crippen LogP) is 5.50. The lowest BCUT2D eigenvalue weighted by Gasteiger charge is -2.20. The summed E-state index contributed by atoms with van der Waals surface area (Å²) in [5.74, 6) is 1.90. The Morgan fingerprint density at radius 1 is 1.10 bits per heavy atom. The topological polar surface area (TPSA) is 89.9 Å². The highest BCUT2D eigenvalue weighted by atomic mass is 28.3. The van der Waals surface area contributed by atoms with Gasteiger partial charge in [0.1, 0.15) is 29.7 Å². The molecule has 4 rings (SSSR count). The molecule has 0 saturated heterocycles. The quantitative estimate of drug-likeness (QED) is 0.215. The van der Waals surface area contributed by atoms with Gasteiger partial charge in [-0.05, 0) is 57.2 Å². The molecule has 2 amide bonds. The van der Waals surface area contributed by atoms with Crippen molar-refractivity contribution < 1.29 is 19.0 Å². The van der Waals surface area contributed by atoms with Crippen LogP contribution in [0.1, 0.15) is 12.8 Å². The average molecular weight is 554 g/mol. The van der Waals surface area contributed by atoms with Crippen molar-refractivity contribution in [3.63, 3.8) is 0 Å². The first-order chi connectivity index (χ1) is 18.5. The first-order valence-corrected chi connectivity index (χ1v) is 17.2. The smallest absolute Gasteiger partial charge is 0.320 e. The highest BCUT2D eigenvalue weighted by molar-refractivity contribution is 6.76. The molecule has 0 bridgehead atoms. The summed E-state index contributed by atoms with van der Waals surface area (Å²) < 4.78 is 19.5. The lowest BCUT2D eigenvalue weighted by molar-refractivity contribution is 0.0899. The van der Waals surface area contributed by atoms with E-state index in [2.05, 4.69) is 49.3 Å². The highest BCUT2D eigenvalue weighted by Crippen LogP contribution is 2.45. The maximum Gasteiger partial charge on any atom is 0.320 e. The molecule has 1 aromatic carbocycles. The van der Waals surface area contributed by atoms with Crippen molar-refractivity contribution in [2.75, 3.05) is 53.3 Å². The molecule has 1 saturated carbocycles. The van der Waals surface area contributed by atoms with E-state index in [9.17, 15) is 4.79 Å². The van der Waals surface area contributed by atoms with E-state index in [1.54, 1.807) is 14.2 Å². The minimum absolute atomic E-state index is 0.183. The van der Waals surface area contributed by atoms with Crippen LogP contribution in [-0.4, -0.2) is 76.6 Å². The van der Waals surface area contributed by atoms with Crippen LogP contribution in [0.25, 0.3) is 22.2 Å². The van der Waals surface area contributed by atoms with Crippen LogP contribution in [0.4, 0.5) is 10.6 Å². The fraction of sp³-hybridized carbons (Fsp3) is 0.517. The molecule has 2 N–H and O–H groups in total. The van der Waals surface area contributed by atoms with E-state index >= 15 is 0 Å². The van der Waals surface area contributed by atoms with Crippen LogP contribution in [-0.2, 0) is 11.5 Å². The summed E-state index contributed by atoms with van der Waals surface area (Å²) in [6.07, 6.45) is 4.29. The number of urea groups is 1. The molecule has 39 heavy (non-hydrogen) atoms. The molecule has 3 aromatic rings. The van der Waals surface area contributed by atoms with Crippen LogP contribution in [0.5, 0.6) is 11.5 Å². The van der Waals surface area contributed by atoms with Crippen molar-refractivity contribution >= 4 is 31.0 Å². The highest BCUT2D eigenvalue weighted by Gasteiger charge is 2.43. The predicted molar refractivity (Wildman–Crippen MR) is 160 cm³/mol. The van der Waals surface area contributed by atoms with Gasteiger partial charge in [0, 0.05) is 50.3 Å². The van der Waals surface area contributed by atoms with Gasteiger partial charge >= 0.3 is 6.03 Å². The maximum atomic E-state index is 12.8. The fourth-order valence-electron chi connectivity index (χ4n) is 4.86. The summed E-state index contributed by atoms with van der Waals surface area (Å²) in [5.41, 5.74) is 2.68. The Bertz CT molecular complexity index is 1270. The number of fused-ring (bicyclic) bond motifs is 1. The summed E-state index contributed by atoms with van der Waals surface area (Å²) in [6.45, 7) is 9.68. The van der Waals surface area contributed by atoms with E-state index < -0.39 is 8.07 Å². The number of carbonyl (C=O) groups is 1. The maximum absolute atomic E-state index is 12.8. The second kappa shape index (κ2) is 12.0. The van der Waals surface area contributed by atoms with Crippen molar-refractivity contribution in [2.24, 2.45) is 5.41 Å². The van der Waals surface area contributed by atoms with E-state index in [-0.39, 0.29) is 11.4 Å².